The molecule has 4 aromatic rings. The molecular weight excluding hydrogens is 439 g/mol. The Balaban J connectivity index is 1.58. The van der Waals surface area contributed by atoms with Gasteiger partial charge in [-0.3, -0.25) is 14.2 Å². The summed E-state index contributed by atoms with van der Waals surface area (Å²) in [6, 6.07) is 20.5. The van der Waals surface area contributed by atoms with Gasteiger partial charge in [-0.05, 0) is 60.5 Å². The van der Waals surface area contributed by atoms with E-state index in [9.17, 15) is 14.0 Å². The van der Waals surface area contributed by atoms with Gasteiger partial charge in [-0.1, -0.05) is 36.0 Å². The van der Waals surface area contributed by atoms with Crippen molar-refractivity contribution in [2.75, 3.05) is 5.75 Å². The lowest BCUT2D eigenvalue weighted by molar-refractivity contribution is -0.118. The molecular formula is C25H19FN4O2S. The van der Waals surface area contributed by atoms with E-state index in [1.807, 2.05) is 0 Å². The number of nitrogens with one attached hydrogen (secondary N) is 1. The number of nitrogens with zero attached hydrogens (tertiary/aromatic N) is 3. The number of rotatable bonds is 6. The number of carbonyl (C=O) groups excluding carboxylic acids is 1. The second kappa shape index (κ2) is 9.67. The van der Waals surface area contributed by atoms with Crippen LogP contribution in [0.4, 0.5) is 4.39 Å². The Bertz CT molecular complexity index is 1440. The van der Waals surface area contributed by atoms with Gasteiger partial charge in [0.1, 0.15) is 5.82 Å². The summed E-state index contributed by atoms with van der Waals surface area (Å²) in [6.45, 7) is 1.88. The highest BCUT2D eigenvalue weighted by molar-refractivity contribution is 7.99. The van der Waals surface area contributed by atoms with Crippen molar-refractivity contribution in [2.24, 2.45) is 0 Å². The maximum Gasteiger partial charge on any atom is 0.266 e. The van der Waals surface area contributed by atoms with Crippen LogP contribution in [0.5, 0.6) is 0 Å². The Labute approximate surface area is 193 Å². The molecule has 1 N–H and O–H groups in total. The first-order valence-electron chi connectivity index (χ1n) is 10.1. The topological polar surface area (TPSA) is 87.8 Å². The molecule has 0 saturated heterocycles. The zero-order valence-electron chi connectivity index (χ0n) is 17.7. The molecule has 1 aromatic heterocycles. The molecule has 0 unspecified atom stereocenters. The number of aromatic nitrogens is 2. The lowest BCUT2D eigenvalue weighted by atomic mass is 10.1. The summed E-state index contributed by atoms with van der Waals surface area (Å²) >= 11 is 1.13. The first-order valence-corrected chi connectivity index (χ1v) is 11.1. The third kappa shape index (κ3) is 4.94. The van der Waals surface area contributed by atoms with E-state index in [0.717, 1.165) is 11.8 Å². The predicted molar refractivity (Wildman–Crippen MR) is 126 cm³/mol. The molecule has 4 rings (SSSR count). The Kier molecular flexibility index (Phi) is 6.52. The maximum absolute atomic E-state index is 13.7. The average Bonchev–Trinajstić information content (AvgIpc) is 2.83. The van der Waals surface area contributed by atoms with Gasteiger partial charge in [0.25, 0.3) is 5.56 Å². The van der Waals surface area contributed by atoms with Crippen LogP contribution in [-0.4, -0.2) is 21.2 Å². The minimum Gasteiger partial charge on any atom is -0.351 e. The number of thioether (sulfide) groups is 1. The Morgan fingerprint density at radius 1 is 1.15 bits per heavy atom. The SMILES string of the molecule is Cc1ccc(CNC(=O)CSc2nc3ccccc3c(=O)n2-c2ccc(C#N)cc2)cc1F. The molecule has 6 nitrogen and oxygen atoms in total. The van der Waals surface area contributed by atoms with Gasteiger partial charge in [0, 0.05) is 6.54 Å². The summed E-state index contributed by atoms with van der Waals surface area (Å²) in [5.74, 6) is -0.562. The number of nitriles is 1. The highest BCUT2D eigenvalue weighted by Crippen LogP contribution is 2.21. The number of fused-ring (bicyclic) bond motifs is 1. The number of para-hydroxylation sites is 1. The maximum atomic E-state index is 13.7. The van der Waals surface area contributed by atoms with Crippen LogP contribution in [-0.2, 0) is 11.3 Å². The lowest BCUT2D eigenvalue weighted by Crippen LogP contribution is -2.26. The van der Waals surface area contributed by atoms with Crippen LogP contribution in [0.3, 0.4) is 0 Å². The molecule has 33 heavy (non-hydrogen) atoms. The van der Waals surface area contributed by atoms with Gasteiger partial charge in [-0.15, -0.1) is 0 Å². The normalized spacial score (nSPS) is 10.7. The summed E-state index contributed by atoms with van der Waals surface area (Å²) in [6.07, 6.45) is 0. The standard InChI is InChI=1S/C25H19FN4O2S/c1-16-6-7-18(12-21(16)26)14-28-23(31)15-33-25-29-22-5-3-2-4-20(22)24(32)30(25)19-10-8-17(13-27)9-11-19/h2-12H,14-15H2,1H3,(H,28,31). The minimum atomic E-state index is -0.317. The van der Waals surface area contributed by atoms with E-state index in [1.54, 1.807) is 67.6 Å². The smallest absolute Gasteiger partial charge is 0.266 e. The van der Waals surface area contributed by atoms with Gasteiger partial charge < -0.3 is 5.32 Å². The summed E-state index contributed by atoms with van der Waals surface area (Å²) < 4.78 is 15.2. The molecule has 8 heteroatoms. The van der Waals surface area contributed by atoms with Crippen LogP contribution < -0.4 is 10.9 Å². The number of hydrogen-bond donors (Lipinski definition) is 1. The second-order valence-electron chi connectivity index (χ2n) is 7.36. The van der Waals surface area contributed by atoms with Gasteiger partial charge >= 0.3 is 0 Å². The summed E-state index contributed by atoms with van der Waals surface area (Å²) in [7, 11) is 0. The van der Waals surface area contributed by atoms with Crippen LogP contribution in [0, 0.1) is 24.1 Å². The minimum absolute atomic E-state index is 0.0232. The molecule has 1 amide bonds. The molecule has 3 aromatic carbocycles. The van der Waals surface area contributed by atoms with Gasteiger partial charge in [0.15, 0.2) is 5.16 Å². The van der Waals surface area contributed by atoms with Crippen molar-refractivity contribution in [3.05, 3.63) is 99.6 Å². The van der Waals surface area contributed by atoms with Crippen LogP contribution in [0.25, 0.3) is 16.6 Å². The Morgan fingerprint density at radius 3 is 2.64 bits per heavy atom. The van der Waals surface area contributed by atoms with E-state index in [0.29, 0.717) is 38.4 Å². The molecule has 0 aliphatic heterocycles. The van der Waals surface area contributed by atoms with Gasteiger partial charge in [-0.25, -0.2) is 9.37 Å². The largest absolute Gasteiger partial charge is 0.351 e. The Hall–Kier alpha value is -3.96. The van der Waals surface area contributed by atoms with Crippen LogP contribution in [0.15, 0.2) is 76.7 Å². The number of halogens is 1. The number of amides is 1. The van der Waals surface area contributed by atoms with Crippen molar-refractivity contribution >= 4 is 28.6 Å². The summed E-state index contributed by atoms with van der Waals surface area (Å²) in [4.78, 5) is 30.3. The van der Waals surface area contributed by atoms with E-state index in [-0.39, 0.29) is 29.6 Å². The number of hydrogen-bond acceptors (Lipinski definition) is 5. The lowest BCUT2D eigenvalue weighted by Gasteiger charge is -2.13. The highest BCUT2D eigenvalue weighted by atomic mass is 32.2. The van der Waals surface area contributed by atoms with Crippen LogP contribution in [0.2, 0.25) is 0 Å². The summed E-state index contributed by atoms with van der Waals surface area (Å²) in [5.41, 5.74) is 2.50. The molecule has 0 radical (unpaired) electrons. The third-order valence-corrected chi connectivity index (χ3v) is 6.00. The van der Waals surface area contributed by atoms with Gasteiger partial charge in [-0.2, -0.15) is 5.26 Å². The average molecular weight is 459 g/mol. The molecule has 0 bridgehead atoms. The molecule has 0 saturated carbocycles. The van der Waals surface area contributed by atoms with Crippen molar-refractivity contribution in [3.8, 4) is 11.8 Å². The molecule has 0 aliphatic rings. The molecule has 0 aliphatic carbocycles. The van der Waals surface area contributed by atoms with Crippen molar-refractivity contribution in [3.63, 3.8) is 0 Å². The second-order valence-corrected chi connectivity index (χ2v) is 8.30. The van der Waals surface area contributed by atoms with Crippen LogP contribution in [0.1, 0.15) is 16.7 Å². The zero-order valence-corrected chi connectivity index (χ0v) is 18.5. The number of carbonyl (C=O) groups is 1. The fourth-order valence-corrected chi connectivity index (χ4v) is 4.09. The van der Waals surface area contributed by atoms with E-state index in [2.05, 4.69) is 16.4 Å². The molecule has 0 atom stereocenters. The molecule has 164 valence electrons. The number of benzene rings is 3. The van der Waals surface area contributed by atoms with Crippen molar-refractivity contribution in [1.82, 2.24) is 14.9 Å². The van der Waals surface area contributed by atoms with Crippen molar-refractivity contribution in [2.45, 2.75) is 18.6 Å². The fourth-order valence-electron chi connectivity index (χ4n) is 3.25. The third-order valence-electron chi connectivity index (χ3n) is 5.06. The fraction of sp³-hybridized carbons (Fsp3) is 0.120. The van der Waals surface area contributed by atoms with Gasteiger partial charge in [0.2, 0.25) is 5.91 Å². The van der Waals surface area contributed by atoms with Crippen molar-refractivity contribution < 1.29 is 9.18 Å². The Morgan fingerprint density at radius 2 is 1.91 bits per heavy atom. The van der Waals surface area contributed by atoms with Crippen LogP contribution >= 0.6 is 11.8 Å². The highest BCUT2D eigenvalue weighted by Gasteiger charge is 2.15. The monoisotopic (exact) mass is 458 g/mol. The predicted octanol–water partition coefficient (Wildman–Crippen LogP) is 4.11. The molecule has 1 heterocycles. The quantitative estimate of drug-likeness (QED) is 0.347. The van der Waals surface area contributed by atoms with E-state index < -0.39 is 0 Å². The summed E-state index contributed by atoms with van der Waals surface area (Å²) in [5, 5.41) is 12.6. The number of aryl methyl sites for hydroxylation is 1. The van der Waals surface area contributed by atoms with E-state index >= 15 is 0 Å². The zero-order chi connectivity index (χ0) is 23.4. The van der Waals surface area contributed by atoms with E-state index in [1.165, 1.54) is 10.6 Å². The molecule has 0 spiro atoms. The first kappa shape index (κ1) is 22.2. The van der Waals surface area contributed by atoms with Crippen molar-refractivity contribution in [1.29, 1.82) is 5.26 Å². The molecule has 0 fully saturated rings. The first-order chi connectivity index (χ1) is 16.0. The van der Waals surface area contributed by atoms with E-state index in [4.69, 9.17) is 5.26 Å². The van der Waals surface area contributed by atoms with Gasteiger partial charge in [0.05, 0.1) is 34.0 Å².